The first-order chi connectivity index (χ1) is 4.74. The third-order valence-corrected chi connectivity index (χ3v) is 1.97. The van der Waals surface area contributed by atoms with Crippen LogP contribution >= 0.6 is 15.9 Å². The fourth-order valence-electron chi connectivity index (χ4n) is 0.750. The number of hydrogen-bond acceptors (Lipinski definition) is 2. The lowest BCUT2D eigenvalue weighted by atomic mass is 10.2. The van der Waals surface area contributed by atoms with Gasteiger partial charge in [0.1, 0.15) is 0 Å². The zero-order chi connectivity index (χ0) is 7.56. The molecule has 0 aromatic heterocycles. The molecule has 1 aromatic rings. The Balaban J connectivity index is 3.09. The van der Waals surface area contributed by atoms with Crippen molar-refractivity contribution in [2.75, 3.05) is 5.43 Å². The maximum atomic E-state index is 5.24. The molecule has 0 spiro atoms. The van der Waals surface area contributed by atoms with E-state index in [4.69, 9.17) is 5.84 Å². The third kappa shape index (κ3) is 1.49. The molecule has 3 heteroatoms. The van der Waals surface area contributed by atoms with E-state index in [-0.39, 0.29) is 0 Å². The van der Waals surface area contributed by atoms with Crippen molar-refractivity contribution in [3.63, 3.8) is 0 Å². The number of benzene rings is 1. The van der Waals surface area contributed by atoms with E-state index in [9.17, 15) is 0 Å². The van der Waals surface area contributed by atoms with Gasteiger partial charge in [0.2, 0.25) is 0 Å². The van der Waals surface area contributed by atoms with Crippen LogP contribution in [0.1, 0.15) is 5.56 Å². The highest BCUT2D eigenvalue weighted by Crippen LogP contribution is 2.21. The number of aryl methyl sites for hydroxylation is 1. The van der Waals surface area contributed by atoms with E-state index < -0.39 is 0 Å². The average Bonchev–Trinajstić information content (AvgIpc) is 1.94. The minimum atomic E-state index is 0.917. The molecule has 0 aliphatic heterocycles. The van der Waals surface area contributed by atoms with Crippen LogP contribution in [0.25, 0.3) is 0 Å². The summed E-state index contributed by atoms with van der Waals surface area (Å²) in [5.41, 5.74) is 4.70. The Morgan fingerprint density at radius 2 is 2.20 bits per heavy atom. The number of halogens is 1. The SMILES string of the molecule is Cc1ccc(Br)c(NN)c1. The molecular weight excluding hydrogens is 192 g/mol. The largest absolute Gasteiger partial charge is 0.323 e. The van der Waals surface area contributed by atoms with Crippen LogP contribution < -0.4 is 11.3 Å². The Kier molecular flexibility index (Phi) is 2.29. The number of nitrogen functional groups attached to an aromatic ring is 1. The number of hydrazine groups is 1. The van der Waals surface area contributed by atoms with Crippen LogP contribution in [0.15, 0.2) is 22.7 Å². The number of nitrogens with one attached hydrogen (secondary N) is 1. The highest BCUT2D eigenvalue weighted by Gasteiger charge is 1.95. The summed E-state index contributed by atoms with van der Waals surface area (Å²) in [6.07, 6.45) is 0. The summed E-state index contributed by atoms with van der Waals surface area (Å²) in [6, 6.07) is 5.96. The second-order valence-corrected chi connectivity index (χ2v) is 2.98. The third-order valence-electron chi connectivity index (χ3n) is 1.28. The van der Waals surface area contributed by atoms with Crippen LogP contribution in [0.2, 0.25) is 0 Å². The smallest absolute Gasteiger partial charge is 0.0629 e. The van der Waals surface area contributed by atoms with Crippen molar-refractivity contribution in [2.45, 2.75) is 6.92 Å². The van der Waals surface area contributed by atoms with Crippen LogP contribution in [-0.2, 0) is 0 Å². The molecule has 0 unspecified atom stereocenters. The van der Waals surface area contributed by atoms with Crippen LogP contribution in [0.3, 0.4) is 0 Å². The molecule has 0 saturated carbocycles. The number of hydrogen-bond donors (Lipinski definition) is 2. The van der Waals surface area contributed by atoms with Crippen LogP contribution in [0.5, 0.6) is 0 Å². The minimum Gasteiger partial charge on any atom is -0.323 e. The van der Waals surface area contributed by atoms with Crippen molar-refractivity contribution in [2.24, 2.45) is 5.84 Å². The molecule has 0 aliphatic carbocycles. The van der Waals surface area contributed by atoms with Crippen LogP contribution in [0.4, 0.5) is 5.69 Å². The van der Waals surface area contributed by atoms with E-state index in [2.05, 4.69) is 21.4 Å². The van der Waals surface area contributed by atoms with Crippen molar-refractivity contribution in [3.05, 3.63) is 28.2 Å². The first kappa shape index (κ1) is 7.57. The van der Waals surface area contributed by atoms with Crippen LogP contribution in [0, 0.1) is 6.92 Å². The molecule has 0 bridgehead atoms. The second kappa shape index (κ2) is 3.03. The molecule has 3 N–H and O–H groups in total. The number of nitrogens with two attached hydrogens (primary N) is 1. The van der Waals surface area contributed by atoms with E-state index in [0.717, 1.165) is 10.2 Å². The molecule has 0 saturated heterocycles. The Hall–Kier alpha value is -0.540. The zero-order valence-electron chi connectivity index (χ0n) is 5.69. The highest BCUT2D eigenvalue weighted by atomic mass is 79.9. The Morgan fingerprint density at radius 1 is 1.50 bits per heavy atom. The maximum Gasteiger partial charge on any atom is 0.0629 e. The van der Waals surface area contributed by atoms with Crippen molar-refractivity contribution in [3.8, 4) is 0 Å². The quantitative estimate of drug-likeness (QED) is 0.539. The molecule has 1 rings (SSSR count). The summed E-state index contributed by atoms with van der Waals surface area (Å²) >= 11 is 3.35. The Labute approximate surface area is 68.5 Å². The summed E-state index contributed by atoms with van der Waals surface area (Å²) in [6.45, 7) is 2.02. The van der Waals surface area contributed by atoms with Gasteiger partial charge in [0.05, 0.1) is 5.69 Å². The molecule has 2 nitrogen and oxygen atoms in total. The average molecular weight is 201 g/mol. The standard InChI is InChI=1S/C7H9BrN2/c1-5-2-3-6(8)7(4-5)10-9/h2-4,10H,9H2,1H3. The van der Waals surface area contributed by atoms with Crippen molar-refractivity contribution in [1.29, 1.82) is 0 Å². The van der Waals surface area contributed by atoms with Crippen LogP contribution in [-0.4, -0.2) is 0 Å². The summed E-state index contributed by atoms with van der Waals surface area (Å²) in [5, 5.41) is 0. The highest BCUT2D eigenvalue weighted by molar-refractivity contribution is 9.10. The lowest BCUT2D eigenvalue weighted by Gasteiger charge is -2.02. The second-order valence-electron chi connectivity index (χ2n) is 2.13. The lowest BCUT2D eigenvalue weighted by Crippen LogP contribution is -2.07. The van der Waals surface area contributed by atoms with Gasteiger partial charge < -0.3 is 5.43 Å². The topological polar surface area (TPSA) is 38.0 Å². The van der Waals surface area contributed by atoms with Gasteiger partial charge in [-0.1, -0.05) is 6.07 Å². The number of rotatable bonds is 1. The van der Waals surface area contributed by atoms with Crippen molar-refractivity contribution < 1.29 is 0 Å². The Bertz CT molecular complexity index is 235. The van der Waals surface area contributed by atoms with E-state index in [1.807, 2.05) is 25.1 Å². The lowest BCUT2D eigenvalue weighted by molar-refractivity contribution is 1.32. The predicted octanol–water partition coefficient (Wildman–Crippen LogP) is 2.04. The predicted molar refractivity (Wildman–Crippen MR) is 46.7 cm³/mol. The van der Waals surface area contributed by atoms with E-state index in [1.165, 1.54) is 5.56 Å². The van der Waals surface area contributed by atoms with Gasteiger partial charge in [0, 0.05) is 4.47 Å². The number of anilines is 1. The molecule has 0 atom stereocenters. The fraction of sp³-hybridized carbons (Fsp3) is 0.143. The summed E-state index contributed by atoms with van der Waals surface area (Å²) in [5.74, 6) is 5.24. The molecule has 0 amide bonds. The fourth-order valence-corrected chi connectivity index (χ4v) is 1.11. The summed E-state index contributed by atoms with van der Waals surface area (Å²) in [4.78, 5) is 0. The minimum absolute atomic E-state index is 0.917. The van der Waals surface area contributed by atoms with Gasteiger partial charge in [-0.2, -0.15) is 0 Å². The first-order valence-electron chi connectivity index (χ1n) is 2.97. The molecule has 0 aliphatic rings. The van der Waals surface area contributed by atoms with E-state index >= 15 is 0 Å². The van der Waals surface area contributed by atoms with Gasteiger partial charge in [-0.15, -0.1) is 0 Å². The van der Waals surface area contributed by atoms with Gasteiger partial charge >= 0.3 is 0 Å². The van der Waals surface area contributed by atoms with Gasteiger partial charge in [0.25, 0.3) is 0 Å². The van der Waals surface area contributed by atoms with Gasteiger partial charge in [-0.3, -0.25) is 5.84 Å². The molecular formula is C7H9BrN2. The molecule has 1 aromatic carbocycles. The first-order valence-corrected chi connectivity index (χ1v) is 3.76. The van der Waals surface area contributed by atoms with Gasteiger partial charge in [-0.05, 0) is 40.5 Å². The van der Waals surface area contributed by atoms with Crippen molar-refractivity contribution >= 4 is 21.6 Å². The van der Waals surface area contributed by atoms with E-state index in [0.29, 0.717) is 0 Å². The molecule has 10 heavy (non-hydrogen) atoms. The maximum absolute atomic E-state index is 5.24. The molecule has 54 valence electrons. The monoisotopic (exact) mass is 200 g/mol. The zero-order valence-corrected chi connectivity index (χ0v) is 7.27. The summed E-state index contributed by atoms with van der Waals surface area (Å²) in [7, 11) is 0. The summed E-state index contributed by atoms with van der Waals surface area (Å²) < 4.78 is 0.987. The van der Waals surface area contributed by atoms with Crippen molar-refractivity contribution in [1.82, 2.24) is 0 Å². The molecule has 0 radical (unpaired) electrons. The normalized spacial score (nSPS) is 9.50. The molecule has 0 fully saturated rings. The Morgan fingerprint density at radius 3 is 2.70 bits per heavy atom. The van der Waals surface area contributed by atoms with Gasteiger partial charge in [0.15, 0.2) is 0 Å². The van der Waals surface area contributed by atoms with Gasteiger partial charge in [-0.25, -0.2) is 0 Å². The van der Waals surface area contributed by atoms with E-state index in [1.54, 1.807) is 0 Å². The molecule has 0 heterocycles.